The lowest BCUT2D eigenvalue weighted by molar-refractivity contribution is 0.534. The van der Waals surface area contributed by atoms with E-state index in [1.807, 2.05) is 25.1 Å². The number of hydrogen-bond acceptors (Lipinski definition) is 3. The summed E-state index contributed by atoms with van der Waals surface area (Å²) in [6.07, 6.45) is 0. The molecule has 0 aliphatic carbocycles. The van der Waals surface area contributed by atoms with Gasteiger partial charge in [0, 0.05) is 18.3 Å². The van der Waals surface area contributed by atoms with Gasteiger partial charge in [-0.15, -0.1) is 0 Å². The Morgan fingerprint density at radius 1 is 1.17 bits per heavy atom. The highest BCUT2D eigenvalue weighted by Crippen LogP contribution is 2.13. The molecule has 2 unspecified atom stereocenters. The van der Waals surface area contributed by atoms with E-state index in [0.717, 1.165) is 6.54 Å². The zero-order valence-corrected chi connectivity index (χ0v) is 12.2. The molecule has 102 valence electrons. The molecule has 0 amide bonds. The van der Waals surface area contributed by atoms with Crippen molar-refractivity contribution in [2.75, 3.05) is 18.1 Å². The summed E-state index contributed by atoms with van der Waals surface area (Å²) in [4.78, 5) is 0. The van der Waals surface area contributed by atoms with Gasteiger partial charge in [-0.3, -0.25) is 0 Å². The minimum absolute atomic E-state index is 0.00103. The van der Waals surface area contributed by atoms with Gasteiger partial charge in [-0.25, -0.2) is 8.42 Å². The average molecular weight is 269 g/mol. The van der Waals surface area contributed by atoms with Crippen LogP contribution in [0.4, 0.5) is 0 Å². The molecule has 18 heavy (non-hydrogen) atoms. The van der Waals surface area contributed by atoms with E-state index >= 15 is 0 Å². The Kier molecular flexibility index (Phi) is 5.82. The molecule has 0 heterocycles. The molecule has 3 nitrogen and oxygen atoms in total. The Morgan fingerprint density at radius 3 is 2.33 bits per heavy atom. The van der Waals surface area contributed by atoms with Crippen LogP contribution in [-0.2, 0) is 9.84 Å². The minimum Gasteiger partial charge on any atom is -0.313 e. The van der Waals surface area contributed by atoms with E-state index in [1.54, 1.807) is 6.92 Å². The SMILES string of the molecule is CCS(=O)(=O)CC(C)NCC(C)c1ccccc1. The van der Waals surface area contributed by atoms with Crippen molar-refractivity contribution in [3.63, 3.8) is 0 Å². The zero-order chi connectivity index (χ0) is 13.6. The Morgan fingerprint density at radius 2 is 1.78 bits per heavy atom. The van der Waals surface area contributed by atoms with Crippen LogP contribution < -0.4 is 5.32 Å². The van der Waals surface area contributed by atoms with Gasteiger partial charge < -0.3 is 5.32 Å². The summed E-state index contributed by atoms with van der Waals surface area (Å²) in [6.45, 7) is 6.55. The molecule has 1 rings (SSSR count). The maximum Gasteiger partial charge on any atom is 0.151 e. The summed E-state index contributed by atoms with van der Waals surface area (Å²) < 4.78 is 23.0. The summed E-state index contributed by atoms with van der Waals surface area (Å²) in [5, 5.41) is 3.29. The summed E-state index contributed by atoms with van der Waals surface area (Å²) in [6, 6.07) is 10.2. The van der Waals surface area contributed by atoms with E-state index in [2.05, 4.69) is 24.4 Å². The highest BCUT2D eigenvalue weighted by Gasteiger charge is 2.14. The molecule has 0 aliphatic heterocycles. The maximum atomic E-state index is 11.5. The second-order valence-corrected chi connectivity index (χ2v) is 7.22. The molecule has 4 heteroatoms. The zero-order valence-electron chi connectivity index (χ0n) is 11.4. The van der Waals surface area contributed by atoms with Gasteiger partial charge in [0.05, 0.1) is 5.75 Å². The van der Waals surface area contributed by atoms with Crippen LogP contribution in [0.2, 0.25) is 0 Å². The lowest BCUT2D eigenvalue weighted by Crippen LogP contribution is -2.35. The Bertz CT molecular complexity index is 442. The number of nitrogens with one attached hydrogen (secondary N) is 1. The van der Waals surface area contributed by atoms with Crippen LogP contribution in [-0.4, -0.2) is 32.5 Å². The van der Waals surface area contributed by atoms with Gasteiger partial charge in [0.1, 0.15) is 0 Å². The van der Waals surface area contributed by atoms with Gasteiger partial charge in [0.2, 0.25) is 0 Å². The largest absolute Gasteiger partial charge is 0.313 e. The van der Waals surface area contributed by atoms with Gasteiger partial charge in [-0.1, -0.05) is 44.2 Å². The molecule has 0 saturated carbocycles. The normalized spacial score (nSPS) is 15.3. The molecule has 0 aliphatic rings. The van der Waals surface area contributed by atoms with Gasteiger partial charge in [0.15, 0.2) is 9.84 Å². The van der Waals surface area contributed by atoms with E-state index in [1.165, 1.54) is 5.56 Å². The molecule has 2 atom stereocenters. The summed E-state index contributed by atoms with van der Waals surface area (Å²) in [7, 11) is -2.89. The summed E-state index contributed by atoms with van der Waals surface area (Å²) >= 11 is 0. The predicted molar refractivity (Wildman–Crippen MR) is 76.6 cm³/mol. The van der Waals surface area contributed by atoms with Crippen molar-refractivity contribution < 1.29 is 8.42 Å². The Hall–Kier alpha value is -0.870. The third-order valence-electron chi connectivity index (χ3n) is 3.08. The molecular weight excluding hydrogens is 246 g/mol. The van der Waals surface area contributed by atoms with Crippen molar-refractivity contribution in [3.05, 3.63) is 35.9 Å². The van der Waals surface area contributed by atoms with Crippen molar-refractivity contribution in [1.29, 1.82) is 0 Å². The highest BCUT2D eigenvalue weighted by atomic mass is 32.2. The monoisotopic (exact) mass is 269 g/mol. The third kappa shape index (κ3) is 5.19. The lowest BCUT2D eigenvalue weighted by atomic mass is 10.0. The lowest BCUT2D eigenvalue weighted by Gasteiger charge is -2.17. The second kappa shape index (κ2) is 6.90. The van der Waals surface area contributed by atoms with E-state index < -0.39 is 9.84 Å². The van der Waals surface area contributed by atoms with E-state index in [-0.39, 0.29) is 17.5 Å². The van der Waals surface area contributed by atoms with Crippen molar-refractivity contribution >= 4 is 9.84 Å². The van der Waals surface area contributed by atoms with Gasteiger partial charge in [0.25, 0.3) is 0 Å². The van der Waals surface area contributed by atoms with Gasteiger partial charge in [-0.05, 0) is 18.4 Å². The molecule has 0 saturated heterocycles. The summed E-state index contributed by atoms with van der Waals surface area (Å²) in [5.41, 5.74) is 1.27. The van der Waals surface area contributed by atoms with Crippen molar-refractivity contribution in [2.24, 2.45) is 0 Å². The van der Waals surface area contributed by atoms with E-state index in [4.69, 9.17) is 0 Å². The smallest absolute Gasteiger partial charge is 0.151 e. The Balaban J connectivity index is 2.42. The quantitative estimate of drug-likeness (QED) is 0.825. The first kappa shape index (κ1) is 15.2. The van der Waals surface area contributed by atoms with Crippen LogP contribution in [0.3, 0.4) is 0 Å². The molecule has 0 bridgehead atoms. The predicted octanol–water partition coefficient (Wildman–Crippen LogP) is 2.20. The van der Waals surface area contributed by atoms with Crippen LogP contribution >= 0.6 is 0 Å². The maximum absolute atomic E-state index is 11.5. The first-order chi connectivity index (χ1) is 8.44. The molecule has 0 radical (unpaired) electrons. The number of rotatable bonds is 7. The molecule has 0 aromatic heterocycles. The van der Waals surface area contributed by atoms with Gasteiger partial charge >= 0.3 is 0 Å². The van der Waals surface area contributed by atoms with Crippen LogP contribution in [0.1, 0.15) is 32.3 Å². The molecule has 0 spiro atoms. The third-order valence-corrected chi connectivity index (χ3v) is 4.97. The standard InChI is InChI=1S/C14H23NO2S/c1-4-18(16,17)11-13(3)15-10-12(2)14-8-6-5-7-9-14/h5-9,12-13,15H,4,10-11H2,1-3H3. The fourth-order valence-corrected chi connectivity index (χ4v) is 2.95. The van der Waals surface area contributed by atoms with Crippen LogP contribution in [0, 0.1) is 0 Å². The van der Waals surface area contributed by atoms with Crippen molar-refractivity contribution in [1.82, 2.24) is 5.32 Å². The van der Waals surface area contributed by atoms with E-state index in [9.17, 15) is 8.42 Å². The first-order valence-electron chi connectivity index (χ1n) is 6.43. The molecule has 1 aromatic carbocycles. The van der Waals surface area contributed by atoms with Crippen molar-refractivity contribution in [3.8, 4) is 0 Å². The molecule has 1 N–H and O–H groups in total. The minimum atomic E-state index is -2.89. The number of hydrogen-bond donors (Lipinski definition) is 1. The summed E-state index contributed by atoms with van der Waals surface area (Å²) in [5.74, 6) is 0.816. The second-order valence-electron chi connectivity index (χ2n) is 4.82. The van der Waals surface area contributed by atoms with Crippen LogP contribution in [0.5, 0.6) is 0 Å². The molecule has 0 fully saturated rings. The van der Waals surface area contributed by atoms with Crippen LogP contribution in [0.25, 0.3) is 0 Å². The Labute approximate surface area is 111 Å². The fraction of sp³-hybridized carbons (Fsp3) is 0.571. The molecule has 1 aromatic rings. The number of benzene rings is 1. The van der Waals surface area contributed by atoms with Gasteiger partial charge in [-0.2, -0.15) is 0 Å². The highest BCUT2D eigenvalue weighted by molar-refractivity contribution is 7.91. The number of sulfone groups is 1. The fourth-order valence-electron chi connectivity index (χ4n) is 1.84. The first-order valence-corrected chi connectivity index (χ1v) is 8.25. The van der Waals surface area contributed by atoms with Crippen LogP contribution in [0.15, 0.2) is 30.3 Å². The average Bonchev–Trinajstić information content (AvgIpc) is 2.36. The molecular formula is C14H23NO2S. The topological polar surface area (TPSA) is 46.2 Å². The van der Waals surface area contributed by atoms with E-state index in [0.29, 0.717) is 5.92 Å². The van der Waals surface area contributed by atoms with Crippen molar-refractivity contribution in [2.45, 2.75) is 32.7 Å².